The van der Waals surface area contributed by atoms with Gasteiger partial charge in [-0.1, -0.05) is 0 Å². The van der Waals surface area contributed by atoms with Crippen LogP contribution in [0.25, 0.3) is 0 Å². The van der Waals surface area contributed by atoms with Gasteiger partial charge >= 0.3 is 0 Å². The molecule has 108 valence electrons. The Hall–Kier alpha value is -2.40. The minimum atomic E-state index is 0.00388. The predicted octanol–water partition coefficient (Wildman–Crippen LogP) is 0.910. The largest absolute Gasteiger partial charge is 0.350 e. The van der Waals surface area contributed by atoms with Crippen LogP contribution >= 0.6 is 11.5 Å². The summed E-state index contributed by atoms with van der Waals surface area (Å²) in [6.07, 6.45) is 3.51. The number of rotatable bonds is 2. The van der Waals surface area contributed by atoms with Crippen LogP contribution in [0.1, 0.15) is 11.3 Å². The highest BCUT2D eigenvalue weighted by Crippen LogP contribution is 2.29. The second kappa shape index (κ2) is 5.18. The van der Waals surface area contributed by atoms with Crippen molar-refractivity contribution in [1.29, 1.82) is 5.26 Å². The van der Waals surface area contributed by atoms with E-state index in [0.717, 1.165) is 16.4 Å². The molecule has 0 radical (unpaired) electrons. The Morgan fingerprint density at radius 3 is 2.86 bits per heavy atom. The van der Waals surface area contributed by atoms with E-state index in [-0.39, 0.29) is 12.5 Å². The van der Waals surface area contributed by atoms with E-state index in [1.165, 1.54) is 11.5 Å². The number of aryl methyl sites for hydroxylation is 2. The van der Waals surface area contributed by atoms with Crippen molar-refractivity contribution in [2.75, 3.05) is 29.4 Å². The van der Waals surface area contributed by atoms with Crippen molar-refractivity contribution in [2.24, 2.45) is 7.05 Å². The first-order valence-electron chi connectivity index (χ1n) is 6.50. The van der Waals surface area contributed by atoms with Crippen molar-refractivity contribution in [1.82, 2.24) is 14.2 Å². The van der Waals surface area contributed by atoms with E-state index in [1.807, 2.05) is 25.1 Å². The highest BCUT2D eigenvalue weighted by atomic mass is 32.1. The molecule has 8 heteroatoms. The van der Waals surface area contributed by atoms with E-state index >= 15 is 0 Å². The van der Waals surface area contributed by atoms with Gasteiger partial charge in [-0.05, 0) is 18.5 Å². The zero-order valence-corrected chi connectivity index (χ0v) is 12.6. The SMILES string of the molecule is Cc1nsc(N2CCN(c3cnn(C)c3)C(=O)C2)c1C#N. The van der Waals surface area contributed by atoms with E-state index in [4.69, 9.17) is 0 Å². The zero-order valence-electron chi connectivity index (χ0n) is 11.8. The van der Waals surface area contributed by atoms with Gasteiger partial charge in [0, 0.05) is 26.3 Å². The van der Waals surface area contributed by atoms with Crippen LogP contribution in [-0.2, 0) is 11.8 Å². The molecule has 3 rings (SSSR count). The Labute approximate surface area is 126 Å². The molecular weight excluding hydrogens is 288 g/mol. The lowest BCUT2D eigenvalue weighted by Gasteiger charge is -2.34. The smallest absolute Gasteiger partial charge is 0.246 e. The number of amides is 1. The van der Waals surface area contributed by atoms with E-state index in [1.54, 1.807) is 15.8 Å². The van der Waals surface area contributed by atoms with Crippen LogP contribution in [0.4, 0.5) is 10.7 Å². The fraction of sp³-hybridized carbons (Fsp3) is 0.385. The standard InChI is InChI=1S/C13H14N6OS/c1-9-11(5-14)13(21-16-9)18-3-4-19(12(20)8-18)10-6-15-17(2)7-10/h6-7H,3-4,8H2,1-2H3. The van der Waals surface area contributed by atoms with Gasteiger partial charge in [0.1, 0.15) is 16.6 Å². The molecule has 2 aromatic rings. The molecule has 3 heterocycles. The minimum absolute atomic E-state index is 0.00388. The second-order valence-electron chi connectivity index (χ2n) is 4.90. The number of nitrogens with zero attached hydrogens (tertiary/aromatic N) is 6. The van der Waals surface area contributed by atoms with Gasteiger partial charge in [0.2, 0.25) is 5.91 Å². The Morgan fingerprint density at radius 2 is 2.24 bits per heavy atom. The molecule has 0 unspecified atom stereocenters. The molecule has 0 saturated carbocycles. The van der Waals surface area contributed by atoms with Crippen LogP contribution in [-0.4, -0.2) is 39.7 Å². The molecule has 1 saturated heterocycles. The van der Waals surface area contributed by atoms with Crippen molar-refractivity contribution in [3.05, 3.63) is 23.7 Å². The number of nitriles is 1. The van der Waals surface area contributed by atoms with Gasteiger partial charge in [-0.15, -0.1) is 0 Å². The van der Waals surface area contributed by atoms with Gasteiger partial charge < -0.3 is 9.80 Å². The fourth-order valence-corrected chi connectivity index (χ4v) is 3.24. The summed E-state index contributed by atoms with van der Waals surface area (Å²) < 4.78 is 5.88. The summed E-state index contributed by atoms with van der Waals surface area (Å²) in [7, 11) is 1.82. The summed E-state index contributed by atoms with van der Waals surface area (Å²) in [5, 5.41) is 14.1. The molecule has 1 aliphatic heterocycles. The first-order valence-corrected chi connectivity index (χ1v) is 7.28. The predicted molar refractivity (Wildman–Crippen MR) is 79.3 cm³/mol. The maximum atomic E-state index is 12.3. The zero-order chi connectivity index (χ0) is 15.0. The molecule has 0 aliphatic carbocycles. The molecule has 2 aromatic heterocycles. The molecule has 0 atom stereocenters. The summed E-state index contributed by atoms with van der Waals surface area (Å²) in [5.74, 6) is 0.00388. The topological polar surface area (TPSA) is 78.1 Å². The first kappa shape index (κ1) is 13.6. The number of carbonyl (C=O) groups excluding carboxylic acids is 1. The Morgan fingerprint density at radius 1 is 1.43 bits per heavy atom. The molecule has 0 N–H and O–H groups in total. The Kier molecular flexibility index (Phi) is 3.35. The van der Waals surface area contributed by atoms with Crippen molar-refractivity contribution < 1.29 is 4.79 Å². The number of hydrogen-bond donors (Lipinski definition) is 0. The van der Waals surface area contributed by atoms with Gasteiger partial charge in [-0.25, -0.2) is 0 Å². The lowest BCUT2D eigenvalue weighted by molar-refractivity contribution is -0.117. The van der Waals surface area contributed by atoms with Gasteiger partial charge in [0.15, 0.2) is 0 Å². The third-order valence-electron chi connectivity index (χ3n) is 3.47. The molecule has 21 heavy (non-hydrogen) atoms. The molecule has 0 spiro atoms. The van der Waals surface area contributed by atoms with E-state index in [0.29, 0.717) is 18.7 Å². The number of aromatic nitrogens is 3. The number of piperazine rings is 1. The normalized spacial score (nSPS) is 15.4. The van der Waals surface area contributed by atoms with Gasteiger partial charge in [0.05, 0.1) is 24.1 Å². The quantitative estimate of drug-likeness (QED) is 0.824. The summed E-state index contributed by atoms with van der Waals surface area (Å²) in [5.41, 5.74) is 2.10. The van der Waals surface area contributed by atoms with Gasteiger partial charge in [0.25, 0.3) is 0 Å². The van der Waals surface area contributed by atoms with Crippen LogP contribution in [0.15, 0.2) is 12.4 Å². The van der Waals surface area contributed by atoms with Crippen molar-refractivity contribution in [2.45, 2.75) is 6.92 Å². The van der Waals surface area contributed by atoms with Crippen LogP contribution in [0.3, 0.4) is 0 Å². The maximum absolute atomic E-state index is 12.3. The average Bonchev–Trinajstić information content (AvgIpc) is 3.04. The van der Waals surface area contributed by atoms with Crippen LogP contribution < -0.4 is 9.80 Å². The number of carbonyl (C=O) groups is 1. The van der Waals surface area contributed by atoms with E-state index in [2.05, 4.69) is 15.5 Å². The Bertz CT molecular complexity index is 727. The lowest BCUT2D eigenvalue weighted by Crippen LogP contribution is -2.50. The molecule has 0 aromatic carbocycles. The second-order valence-corrected chi connectivity index (χ2v) is 5.65. The monoisotopic (exact) mass is 302 g/mol. The van der Waals surface area contributed by atoms with Crippen molar-refractivity contribution >= 4 is 28.1 Å². The molecule has 1 fully saturated rings. The average molecular weight is 302 g/mol. The maximum Gasteiger partial charge on any atom is 0.246 e. The highest BCUT2D eigenvalue weighted by molar-refractivity contribution is 7.10. The van der Waals surface area contributed by atoms with Crippen LogP contribution in [0, 0.1) is 18.3 Å². The molecule has 1 amide bonds. The highest BCUT2D eigenvalue weighted by Gasteiger charge is 2.28. The van der Waals surface area contributed by atoms with E-state index < -0.39 is 0 Å². The number of anilines is 2. The van der Waals surface area contributed by atoms with Crippen molar-refractivity contribution in [3.63, 3.8) is 0 Å². The fourth-order valence-electron chi connectivity index (χ4n) is 2.37. The number of hydrogen-bond acceptors (Lipinski definition) is 6. The summed E-state index contributed by atoms with van der Waals surface area (Å²) >= 11 is 1.28. The van der Waals surface area contributed by atoms with Gasteiger partial charge in [-0.3, -0.25) is 9.48 Å². The summed E-state index contributed by atoms with van der Waals surface area (Å²) in [4.78, 5) is 16.0. The molecule has 0 bridgehead atoms. The van der Waals surface area contributed by atoms with Gasteiger partial charge in [-0.2, -0.15) is 14.7 Å². The summed E-state index contributed by atoms with van der Waals surface area (Å²) in [6.45, 7) is 3.32. The first-order chi connectivity index (χ1) is 10.1. The third kappa shape index (κ3) is 2.36. The Balaban J connectivity index is 1.80. The third-order valence-corrected chi connectivity index (χ3v) is 4.47. The van der Waals surface area contributed by atoms with Crippen LogP contribution in [0.5, 0.6) is 0 Å². The molecule has 1 aliphatic rings. The summed E-state index contributed by atoms with van der Waals surface area (Å²) in [6, 6.07) is 2.17. The minimum Gasteiger partial charge on any atom is -0.350 e. The van der Waals surface area contributed by atoms with Crippen molar-refractivity contribution in [3.8, 4) is 6.07 Å². The molecule has 7 nitrogen and oxygen atoms in total. The lowest BCUT2D eigenvalue weighted by atomic mass is 10.2. The van der Waals surface area contributed by atoms with Crippen LogP contribution in [0.2, 0.25) is 0 Å². The molecular formula is C13H14N6OS. The van der Waals surface area contributed by atoms with E-state index in [9.17, 15) is 10.1 Å².